The largest absolute Gasteiger partial charge is 0.466 e. The quantitative estimate of drug-likeness (QED) is 0.583. The third-order valence-electron chi connectivity index (χ3n) is 2.89. The average Bonchev–Trinajstić information content (AvgIpc) is 2.38. The van der Waals surface area contributed by atoms with Crippen LogP contribution in [0.5, 0.6) is 0 Å². The molecule has 1 amide bonds. The molecule has 1 aliphatic heterocycles. The highest BCUT2D eigenvalue weighted by atomic mass is 19.3. The summed E-state index contributed by atoms with van der Waals surface area (Å²) in [7, 11) is 0. The van der Waals surface area contributed by atoms with Crippen LogP contribution in [0.1, 0.15) is 19.8 Å². The predicted octanol–water partition coefficient (Wildman–Crippen LogP) is 1.69. The highest BCUT2D eigenvalue weighted by Gasteiger charge is 2.52. The number of carbonyl (C=O) groups excluding carboxylic acids is 2. The lowest BCUT2D eigenvalue weighted by molar-refractivity contribution is -0.183. The Morgan fingerprint density at radius 2 is 2.05 bits per heavy atom. The van der Waals surface area contributed by atoms with Crippen molar-refractivity contribution < 1.29 is 31.9 Å². The minimum atomic E-state index is -4.71. The summed E-state index contributed by atoms with van der Waals surface area (Å²) in [6, 6.07) is 0. The normalized spacial score (nSPS) is 20.5. The number of carbonyl (C=O) groups is 2. The van der Waals surface area contributed by atoms with Gasteiger partial charge in [-0.2, -0.15) is 8.78 Å². The van der Waals surface area contributed by atoms with Crippen molar-refractivity contribution in [3.05, 3.63) is 0 Å². The van der Waals surface area contributed by atoms with Crippen LogP contribution in [0.2, 0.25) is 0 Å². The number of esters is 1. The van der Waals surface area contributed by atoms with Gasteiger partial charge in [-0.15, -0.1) is 0 Å². The smallest absolute Gasteiger partial charge is 0.383 e. The zero-order valence-electron chi connectivity index (χ0n) is 10.4. The van der Waals surface area contributed by atoms with E-state index in [2.05, 4.69) is 0 Å². The maximum Gasteiger partial charge on any atom is 0.383 e. The van der Waals surface area contributed by atoms with Crippen molar-refractivity contribution in [2.24, 2.45) is 5.92 Å². The summed E-state index contributed by atoms with van der Waals surface area (Å²) in [5.74, 6) is -7.97. The van der Waals surface area contributed by atoms with Crippen LogP contribution in [0, 0.1) is 5.92 Å². The van der Waals surface area contributed by atoms with E-state index in [-0.39, 0.29) is 19.7 Å². The zero-order chi connectivity index (χ0) is 14.6. The van der Waals surface area contributed by atoms with Gasteiger partial charge in [0.25, 0.3) is 5.91 Å². The van der Waals surface area contributed by atoms with E-state index >= 15 is 0 Å². The monoisotopic (exact) mass is 285 g/mol. The molecule has 4 nitrogen and oxygen atoms in total. The number of piperidine rings is 1. The first-order valence-electron chi connectivity index (χ1n) is 5.92. The minimum absolute atomic E-state index is 0.0585. The molecule has 0 unspecified atom stereocenters. The number of likely N-dealkylation sites (tertiary alicyclic amines) is 1. The van der Waals surface area contributed by atoms with Gasteiger partial charge in [0.1, 0.15) is 0 Å². The SMILES string of the molecule is CCOC(=O)[C@H]1CCCN(C(=O)C(F)(F)C(F)F)C1. The standard InChI is InChI=1S/C11H15F4NO3/c1-2-19-8(17)7-4-3-5-16(6-7)10(18)11(14,15)9(12)13/h7,9H,2-6H2,1H3/t7-/m0/s1. The molecule has 0 radical (unpaired) electrons. The van der Waals surface area contributed by atoms with Gasteiger partial charge in [0.05, 0.1) is 12.5 Å². The predicted molar refractivity (Wildman–Crippen MR) is 56.9 cm³/mol. The Bertz CT molecular complexity index is 349. The fourth-order valence-corrected chi connectivity index (χ4v) is 1.92. The molecular weight excluding hydrogens is 270 g/mol. The van der Waals surface area contributed by atoms with Crippen LogP contribution in [0.3, 0.4) is 0 Å². The van der Waals surface area contributed by atoms with E-state index < -0.39 is 30.1 Å². The molecular formula is C11H15F4NO3. The molecule has 0 N–H and O–H groups in total. The van der Waals surface area contributed by atoms with Gasteiger partial charge in [0, 0.05) is 13.1 Å². The molecule has 110 valence electrons. The van der Waals surface area contributed by atoms with E-state index in [9.17, 15) is 27.2 Å². The average molecular weight is 285 g/mol. The van der Waals surface area contributed by atoms with Crippen molar-refractivity contribution in [1.29, 1.82) is 0 Å². The van der Waals surface area contributed by atoms with Crippen LogP contribution < -0.4 is 0 Å². The number of halogens is 4. The molecule has 19 heavy (non-hydrogen) atoms. The molecule has 0 saturated carbocycles. The molecule has 0 bridgehead atoms. The fourth-order valence-electron chi connectivity index (χ4n) is 1.92. The molecule has 8 heteroatoms. The summed E-state index contributed by atoms with van der Waals surface area (Å²) in [5, 5.41) is 0. The summed E-state index contributed by atoms with van der Waals surface area (Å²) >= 11 is 0. The number of nitrogens with zero attached hydrogens (tertiary/aromatic N) is 1. The van der Waals surface area contributed by atoms with Crippen LogP contribution >= 0.6 is 0 Å². The molecule has 1 rings (SSSR count). The summed E-state index contributed by atoms with van der Waals surface area (Å²) in [6.07, 6.45) is -3.36. The maximum absolute atomic E-state index is 12.9. The first kappa shape index (κ1) is 15.7. The first-order valence-corrected chi connectivity index (χ1v) is 5.92. The van der Waals surface area contributed by atoms with E-state index in [1.165, 1.54) is 0 Å². The fraction of sp³-hybridized carbons (Fsp3) is 0.818. The molecule has 1 aliphatic rings. The third-order valence-corrected chi connectivity index (χ3v) is 2.89. The Morgan fingerprint density at radius 3 is 2.58 bits per heavy atom. The lowest BCUT2D eigenvalue weighted by Gasteiger charge is -2.33. The van der Waals surface area contributed by atoms with E-state index in [0.29, 0.717) is 17.7 Å². The van der Waals surface area contributed by atoms with Gasteiger partial charge in [0.2, 0.25) is 0 Å². The molecule has 0 aromatic rings. The van der Waals surface area contributed by atoms with E-state index in [0.717, 1.165) is 0 Å². The first-order chi connectivity index (χ1) is 8.80. The summed E-state index contributed by atoms with van der Waals surface area (Å²) < 4.78 is 54.8. The molecule has 1 heterocycles. The van der Waals surface area contributed by atoms with Gasteiger partial charge in [-0.05, 0) is 19.8 Å². The van der Waals surface area contributed by atoms with Crippen LogP contribution in [-0.2, 0) is 14.3 Å². The minimum Gasteiger partial charge on any atom is -0.466 e. The third kappa shape index (κ3) is 3.57. The van der Waals surface area contributed by atoms with Crippen LogP contribution in [0.25, 0.3) is 0 Å². The molecule has 0 aromatic carbocycles. The maximum atomic E-state index is 12.9. The van der Waals surface area contributed by atoms with Gasteiger partial charge >= 0.3 is 18.3 Å². The van der Waals surface area contributed by atoms with Gasteiger partial charge in [-0.1, -0.05) is 0 Å². The lowest BCUT2D eigenvalue weighted by Crippen LogP contribution is -2.52. The number of rotatable bonds is 4. The lowest BCUT2D eigenvalue weighted by atomic mass is 9.97. The van der Waals surface area contributed by atoms with Gasteiger partial charge in [0.15, 0.2) is 0 Å². The van der Waals surface area contributed by atoms with Crippen molar-refractivity contribution in [3.63, 3.8) is 0 Å². The second-order valence-electron chi connectivity index (χ2n) is 4.27. The van der Waals surface area contributed by atoms with Crippen molar-refractivity contribution >= 4 is 11.9 Å². The van der Waals surface area contributed by atoms with Crippen molar-refractivity contribution in [1.82, 2.24) is 4.90 Å². The number of alkyl halides is 4. The molecule has 0 spiro atoms. The van der Waals surface area contributed by atoms with Crippen molar-refractivity contribution in [2.75, 3.05) is 19.7 Å². The number of ether oxygens (including phenoxy) is 1. The Morgan fingerprint density at radius 1 is 1.42 bits per heavy atom. The molecule has 1 fully saturated rings. The van der Waals surface area contributed by atoms with Gasteiger partial charge < -0.3 is 9.64 Å². The van der Waals surface area contributed by atoms with Crippen molar-refractivity contribution in [3.8, 4) is 0 Å². The highest BCUT2D eigenvalue weighted by molar-refractivity contribution is 5.85. The number of hydrogen-bond acceptors (Lipinski definition) is 3. The molecule has 0 aliphatic carbocycles. The van der Waals surface area contributed by atoms with Gasteiger partial charge in [-0.25, -0.2) is 8.78 Å². The second-order valence-corrected chi connectivity index (χ2v) is 4.27. The highest BCUT2D eigenvalue weighted by Crippen LogP contribution is 2.28. The Kier molecular flexibility index (Phi) is 5.13. The van der Waals surface area contributed by atoms with Crippen LogP contribution in [-0.4, -0.2) is 48.8 Å². The molecule has 1 saturated heterocycles. The van der Waals surface area contributed by atoms with Gasteiger partial charge in [-0.3, -0.25) is 9.59 Å². The topological polar surface area (TPSA) is 46.6 Å². The number of hydrogen-bond donors (Lipinski definition) is 0. The van der Waals surface area contributed by atoms with E-state index in [4.69, 9.17) is 4.74 Å². The number of amides is 1. The molecule has 1 atom stereocenters. The summed E-state index contributed by atoms with van der Waals surface area (Å²) in [5.41, 5.74) is 0. The van der Waals surface area contributed by atoms with Crippen LogP contribution in [0.4, 0.5) is 17.6 Å². The van der Waals surface area contributed by atoms with E-state index in [1.54, 1.807) is 6.92 Å². The Balaban J connectivity index is 2.69. The summed E-state index contributed by atoms with van der Waals surface area (Å²) in [6.45, 7) is 1.36. The van der Waals surface area contributed by atoms with Crippen LogP contribution in [0.15, 0.2) is 0 Å². The summed E-state index contributed by atoms with van der Waals surface area (Å²) in [4.78, 5) is 23.4. The van der Waals surface area contributed by atoms with Crippen molar-refractivity contribution in [2.45, 2.75) is 32.1 Å². The second kappa shape index (κ2) is 6.21. The zero-order valence-corrected chi connectivity index (χ0v) is 10.4. The van der Waals surface area contributed by atoms with E-state index in [1.807, 2.05) is 0 Å². The Hall–Kier alpha value is -1.34. The Labute approximate surface area is 107 Å². The molecule has 0 aromatic heterocycles.